The van der Waals surface area contributed by atoms with Crippen LogP contribution in [0.3, 0.4) is 0 Å². The van der Waals surface area contributed by atoms with E-state index in [1.54, 1.807) is 0 Å². The lowest BCUT2D eigenvalue weighted by atomic mass is 9.57. The summed E-state index contributed by atoms with van der Waals surface area (Å²) in [5, 5.41) is 0. The third-order valence-corrected chi connectivity index (χ3v) is 6.52. The molecule has 0 spiro atoms. The van der Waals surface area contributed by atoms with Crippen LogP contribution >= 0.6 is 0 Å². The minimum atomic E-state index is 0.0136. The molecule has 0 fully saturated rings. The van der Waals surface area contributed by atoms with Crippen molar-refractivity contribution in [3.05, 3.63) is 83.4 Å². The van der Waals surface area contributed by atoms with Gasteiger partial charge >= 0.3 is 0 Å². The van der Waals surface area contributed by atoms with E-state index in [1.807, 2.05) is 0 Å². The van der Waals surface area contributed by atoms with Crippen LogP contribution in [0.4, 0.5) is 0 Å². The lowest BCUT2D eigenvalue weighted by Gasteiger charge is -2.46. The van der Waals surface area contributed by atoms with Gasteiger partial charge < -0.3 is 0 Å². The number of rotatable bonds is 0. The quantitative estimate of drug-likeness (QED) is 0.421. The molecule has 0 nitrogen and oxygen atoms in total. The largest absolute Gasteiger partial charge is 0.0619 e. The first kappa shape index (κ1) is 16.1. The van der Waals surface area contributed by atoms with E-state index in [1.165, 1.54) is 38.9 Å². The van der Waals surface area contributed by atoms with Gasteiger partial charge in [0, 0.05) is 0 Å². The highest BCUT2D eigenvalue weighted by atomic mass is 14.5. The molecule has 0 heterocycles. The summed E-state index contributed by atoms with van der Waals surface area (Å²) in [7, 11) is 0. The smallest absolute Gasteiger partial charge is 0.000568 e. The van der Waals surface area contributed by atoms with E-state index < -0.39 is 0 Å². The molecule has 0 aliphatic heterocycles. The fraction of sp³-hybridized carbons (Fsp3) is 0.280. The Morgan fingerprint density at radius 2 is 1.00 bits per heavy atom. The third kappa shape index (κ3) is 2.20. The van der Waals surface area contributed by atoms with Crippen molar-refractivity contribution in [3.8, 4) is 22.3 Å². The normalized spacial score (nSPS) is 16.8. The van der Waals surface area contributed by atoms with E-state index in [0.29, 0.717) is 0 Å². The standard InChI is InChI=1S/C25H26/c1-17-14-15-23-21(16-17)19-11-7-6-10-18(19)20-12-8-9-13-22(20)24(2,3)25(23,4)5/h6-16H,1-5H3. The Labute approximate surface area is 151 Å². The van der Waals surface area contributed by atoms with Crippen LogP contribution in [-0.4, -0.2) is 0 Å². The molecule has 0 radical (unpaired) electrons. The summed E-state index contributed by atoms with van der Waals surface area (Å²) < 4.78 is 0. The molecule has 0 unspecified atom stereocenters. The minimum Gasteiger partial charge on any atom is -0.0619 e. The van der Waals surface area contributed by atoms with Gasteiger partial charge in [0.25, 0.3) is 0 Å². The van der Waals surface area contributed by atoms with Crippen LogP contribution in [0.15, 0.2) is 66.7 Å². The van der Waals surface area contributed by atoms with Gasteiger partial charge in [-0.05, 0) is 51.1 Å². The predicted molar refractivity (Wildman–Crippen MR) is 108 cm³/mol. The van der Waals surface area contributed by atoms with Crippen LogP contribution < -0.4 is 0 Å². The molecule has 0 saturated heterocycles. The molecular weight excluding hydrogens is 300 g/mol. The maximum Gasteiger partial charge on any atom is -0.000568 e. The predicted octanol–water partition coefficient (Wildman–Crippen LogP) is 6.90. The number of aryl methyl sites for hydroxylation is 1. The van der Waals surface area contributed by atoms with Gasteiger partial charge in [-0.2, -0.15) is 0 Å². The summed E-state index contributed by atoms with van der Waals surface area (Å²) in [4.78, 5) is 0. The van der Waals surface area contributed by atoms with Gasteiger partial charge in [-0.25, -0.2) is 0 Å². The van der Waals surface area contributed by atoms with Crippen LogP contribution in [0.5, 0.6) is 0 Å². The second-order valence-electron chi connectivity index (χ2n) is 8.39. The van der Waals surface area contributed by atoms with E-state index in [0.717, 1.165) is 0 Å². The fourth-order valence-corrected chi connectivity index (χ4v) is 4.32. The Balaban J connectivity index is 2.22. The number of benzene rings is 3. The summed E-state index contributed by atoms with van der Waals surface area (Å²) in [6, 6.07) is 24.8. The van der Waals surface area contributed by atoms with Crippen LogP contribution in [-0.2, 0) is 10.8 Å². The number of fused-ring (bicyclic) bond motifs is 5. The molecule has 1 aliphatic carbocycles. The van der Waals surface area contributed by atoms with E-state index >= 15 is 0 Å². The van der Waals surface area contributed by atoms with Gasteiger partial charge in [0.15, 0.2) is 0 Å². The molecule has 0 saturated carbocycles. The first-order chi connectivity index (χ1) is 11.8. The molecule has 0 N–H and O–H groups in total. The summed E-state index contributed by atoms with van der Waals surface area (Å²) in [5.41, 5.74) is 9.64. The summed E-state index contributed by atoms with van der Waals surface area (Å²) >= 11 is 0. The molecule has 1 aliphatic rings. The topological polar surface area (TPSA) is 0 Å². The molecule has 3 aromatic carbocycles. The maximum absolute atomic E-state index is 2.39. The Bertz CT molecular complexity index is 957. The Hall–Kier alpha value is -2.34. The van der Waals surface area contributed by atoms with Crippen molar-refractivity contribution in [1.82, 2.24) is 0 Å². The molecule has 0 heteroatoms. The molecule has 0 bridgehead atoms. The zero-order valence-electron chi connectivity index (χ0n) is 15.9. The molecule has 4 rings (SSSR count). The maximum atomic E-state index is 2.39. The Morgan fingerprint density at radius 1 is 0.520 bits per heavy atom. The summed E-state index contributed by atoms with van der Waals surface area (Å²) in [5.74, 6) is 0. The van der Waals surface area contributed by atoms with E-state index in [9.17, 15) is 0 Å². The second-order valence-corrected chi connectivity index (χ2v) is 8.39. The third-order valence-electron chi connectivity index (χ3n) is 6.52. The summed E-state index contributed by atoms with van der Waals surface area (Å²) in [6.45, 7) is 11.8. The average molecular weight is 326 g/mol. The minimum absolute atomic E-state index is 0.0136. The molecular formula is C25H26. The Kier molecular flexibility index (Phi) is 3.44. The molecule has 126 valence electrons. The first-order valence-electron chi connectivity index (χ1n) is 9.14. The van der Waals surface area contributed by atoms with Gasteiger partial charge in [-0.1, -0.05) is 100.0 Å². The fourth-order valence-electron chi connectivity index (χ4n) is 4.32. The van der Waals surface area contributed by atoms with Crippen LogP contribution in [0.25, 0.3) is 22.3 Å². The van der Waals surface area contributed by atoms with Crippen LogP contribution in [0.1, 0.15) is 44.4 Å². The SMILES string of the molecule is Cc1ccc2c(c1)-c1ccccc1-c1ccccc1C(C)(C)C2(C)C. The monoisotopic (exact) mass is 326 g/mol. The van der Waals surface area contributed by atoms with Crippen molar-refractivity contribution in [1.29, 1.82) is 0 Å². The van der Waals surface area contributed by atoms with E-state index in [2.05, 4.69) is 101 Å². The first-order valence-corrected chi connectivity index (χ1v) is 9.14. The Morgan fingerprint density at radius 3 is 1.64 bits per heavy atom. The summed E-state index contributed by atoms with van der Waals surface area (Å²) in [6.07, 6.45) is 0. The molecule has 0 aromatic heterocycles. The lowest BCUT2D eigenvalue weighted by Crippen LogP contribution is -2.41. The van der Waals surface area contributed by atoms with Crippen molar-refractivity contribution in [2.24, 2.45) is 0 Å². The highest BCUT2D eigenvalue weighted by Gasteiger charge is 2.43. The molecule has 3 aromatic rings. The van der Waals surface area contributed by atoms with Gasteiger partial charge in [-0.3, -0.25) is 0 Å². The van der Waals surface area contributed by atoms with Gasteiger partial charge in [0.1, 0.15) is 0 Å². The van der Waals surface area contributed by atoms with Crippen molar-refractivity contribution in [2.45, 2.75) is 45.4 Å². The highest BCUT2D eigenvalue weighted by molar-refractivity contribution is 5.88. The van der Waals surface area contributed by atoms with Gasteiger partial charge in [0.05, 0.1) is 0 Å². The average Bonchev–Trinajstić information content (AvgIpc) is 2.60. The zero-order valence-corrected chi connectivity index (χ0v) is 15.9. The number of hydrogen-bond acceptors (Lipinski definition) is 0. The van der Waals surface area contributed by atoms with Crippen molar-refractivity contribution in [3.63, 3.8) is 0 Å². The molecule has 0 amide bonds. The van der Waals surface area contributed by atoms with Gasteiger partial charge in [0.2, 0.25) is 0 Å². The van der Waals surface area contributed by atoms with Crippen molar-refractivity contribution >= 4 is 0 Å². The van der Waals surface area contributed by atoms with Crippen LogP contribution in [0, 0.1) is 6.92 Å². The molecule has 0 atom stereocenters. The van der Waals surface area contributed by atoms with E-state index in [-0.39, 0.29) is 10.8 Å². The van der Waals surface area contributed by atoms with Crippen molar-refractivity contribution < 1.29 is 0 Å². The molecule has 25 heavy (non-hydrogen) atoms. The van der Waals surface area contributed by atoms with Crippen molar-refractivity contribution in [2.75, 3.05) is 0 Å². The van der Waals surface area contributed by atoms with Gasteiger partial charge in [-0.15, -0.1) is 0 Å². The highest BCUT2D eigenvalue weighted by Crippen LogP contribution is 2.52. The zero-order chi connectivity index (χ0) is 17.8. The van der Waals surface area contributed by atoms with E-state index in [4.69, 9.17) is 0 Å². The van der Waals surface area contributed by atoms with Crippen LogP contribution in [0.2, 0.25) is 0 Å². The number of hydrogen-bond donors (Lipinski definition) is 0. The lowest BCUT2D eigenvalue weighted by molar-refractivity contribution is 0.304. The second kappa shape index (κ2) is 5.33.